The maximum atomic E-state index is 13.1. The first-order valence-electron chi connectivity index (χ1n) is 9.83. The third-order valence-corrected chi connectivity index (χ3v) is 7.60. The van der Waals surface area contributed by atoms with Gasteiger partial charge in [0, 0.05) is 23.3 Å². The van der Waals surface area contributed by atoms with Gasteiger partial charge in [-0.05, 0) is 81.6 Å². The number of carbonyl (C=O) groups is 1. The van der Waals surface area contributed by atoms with Crippen LogP contribution in [0.25, 0.3) is 0 Å². The number of piperidine rings is 1. The monoisotopic (exact) mass is 416 g/mol. The molecule has 2 aromatic carbocycles. The Balaban J connectivity index is 1.76. The molecule has 2 atom stereocenters. The van der Waals surface area contributed by atoms with Crippen LogP contribution in [0.3, 0.4) is 0 Å². The summed E-state index contributed by atoms with van der Waals surface area (Å²) in [7, 11) is -1.98. The van der Waals surface area contributed by atoms with Crippen LogP contribution in [-0.2, 0) is 10.0 Å². The quantitative estimate of drug-likeness (QED) is 0.792. The highest BCUT2D eigenvalue weighted by Gasteiger charge is 2.35. The van der Waals surface area contributed by atoms with Gasteiger partial charge in [0.05, 0.1) is 12.0 Å². The van der Waals surface area contributed by atoms with Gasteiger partial charge >= 0.3 is 0 Å². The lowest BCUT2D eigenvalue weighted by Crippen LogP contribution is -2.47. The molecule has 0 radical (unpaired) electrons. The summed E-state index contributed by atoms with van der Waals surface area (Å²) >= 11 is 0. The first-order chi connectivity index (χ1) is 13.7. The van der Waals surface area contributed by atoms with Gasteiger partial charge in [0.2, 0.25) is 10.0 Å². The van der Waals surface area contributed by atoms with Gasteiger partial charge in [-0.15, -0.1) is 0 Å². The van der Waals surface area contributed by atoms with Crippen LogP contribution in [0, 0.1) is 6.92 Å². The smallest absolute Gasteiger partial charge is 0.255 e. The molecule has 0 aromatic heterocycles. The Morgan fingerprint density at radius 1 is 1.07 bits per heavy atom. The van der Waals surface area contributed by atoms with E-state index in [1.165, 1.54) is 0 Å². The van der Waals surface area contributed by atoms with E-state index < -0.39 is 10.0 Å². The van der Waals surface area contributed by atoms with Crippen molar-refractivity contribution in [3.63, 3.8) is 0 Å². The number of rotatable bonds is 5. The first kappa shape index (κ1) is 21.3. The highest BCUT2D eigenvalue weighted by atomic mass is 32.2. The number of benzene rings is 2. The summed E-state index contributed by atoms with van der Waals surface area (Å²) in [6.07, 6.45) is 2.79. The van der Waals surface area contributed by atoms with Gasteiger partial charge in [-0.3, -0.25) is 4.79 Å². The molecule has 2 unspecified atom stereocenters. The first-order valence-corrected chi connectivity index (χ1v) is 11.3. The van der Waals surface area contributed by atoms with Crippen LogP contribution in [0.4, 0.5) is 5.69 Å². The van der Waals surface area contributed by atoms with Crippen molar-refractivity contribution in [1.29, 1.82) is 0 Å². The zero-order valence-corrected chi connectivity index (χ0v) is 18.1. The molecule has 7 heteroatoms. The fourth-order valence-electron chi connectivity index (χ4n) is 3.93. The summed E-state index contributed by atoms with van der Waals surface area (Å²) in [4.78, 5) is 12.7. The molecule has 0 bridgehead atoms. The number of hydrogen-bond donors (Lipinski definition) is 1. The van der Waals surface area contributed by atoms with Crippen LogP contribution in [0.1, 0.15) is 49.0 Å². The summed E-state index contributed by atoms with van der Waals surface area (Å²) in [6, 6.07) is 11.5. The molecule has 29 heavy (non-hydrogen) atoms. The molecule has 1 aliphatic rings. The van der Waals surface area contributed by atoms with Crippen molar-refractivity contribution in [3.05, 3.63) is 53.6 Å². The molecule has 156 valence electrons. The van der Waals surface area contributed by atoms with Crippen molar-refractivity contribution in [3.8, 4) is 5.75 Å². The summed E-state index contributed by atoms with van der Waals surface area (Å²) in [6.45, 7) is 5.79. The van der Waals surface area contributed by atoms with E-state index in [1.54, 1.807) is 53.9 Å². The van der Waals surface area contributed by atoms with Crippen LogP contribution in [0.5, 0.6) is 5.75 Å². The highest BCUT2D eigenvalue weighted by Crippen LogP contribution is 2.30. The van der Waals surface area contributed by atoms with Gasteiger partial charge in [-0.2, -0.15) is 4.31 Å². The Morgan fingerprint density at radius 3 is 2.24 bits per heavy atom. The number of hydrogen-bond acceptors (Lipinski definition) is 4. The Hall–Kier alpha value is -2.38. The van der Waals surface area contributed by atoms with Crippen molar-refractivity contribution < 1.29 is 17.9 Å². The third-order valence-electron chi connectivity index (χ3n) is 5.46. The fraction of sp³-hybridized carbons (Fsp3) is 0.409. The number of nitrogens with one attached hydrogen (secondary N) is 1. The van der Waals surface area contributed by atoms with E-state index in [2.05, 4.69) is 5.32 Å². The van der Waals surface area contributed by atoms with E-state index in [-0.39, 0.29) is 22.9 Å². The van der Waals surface area contributed by atoms with Crippen LogP contribution in [0.15, 0.2) is 47.4 Å². The topological polar surface area (TPSA) is 75.7 Å². The Kier molecular flexibility index (Phi) is 6.29. The molecule has 1 N–H and O–H groups in total. The van der Waals surface area contributed by atoms with Gasteiger partial charge in [0.15, 0.2) is 0 Å². The molecule has 1 heterocycles. The molecule has 3 rings (SSSR count). The number of ether oxygens (including phenoxy) is 1. The second-order valence-corrected chi connectivity index (χ2v) is 9.47. The average Bonchev–Trinajstić information content (AvgIpc) is 2.68. The Labute approximate surface area is 172 Å². The van der Waals surface area contributed by atoms with Crippen molar-refractivity contribution in [2.45, 2.75) is 57.0 Å². The van der Waals surface area contributed by atoms with Crippen molar-refractivity contribution in [2.75, 3.05) is 12.4 Å². The van der Waals surface area contributed by atoms with E-state index in [0.29, 0.717) is 11.3 Å². The Bertz CT molecular complexity index is 976. The SMILES string of the molecule is COc1ccc(C(=O)Nc2ccc(S(=O)(=O)N3C(C)CCCC3C)cc2)cc1C. The number of carbonyl (C=O) groups excluding carboxylic acids is 1. The van der Waals surface area contributed by atoms with Crippen LogP contribution in [0.2, 0.25) is 0 Å². The average molecular weight is 417 g/mol. The molecule has 0 spiro atoms. The minimum Gasteiger partial charge on any atom is -0.496 e. The second-order valence-electron chi connectivity index (χ2n) is 7.63. The van der Waals surface area contributed by atoms with Crippen molar-refractivity contribution in [1.82, 2.24) is 4.31 Å². The van der Waals surface area contributed by atoms with Gasteiger partial charge in [-0.1, -0.05) is 6.42 Å². The molecule has 1 saturated heterocycles. The number of nitrogens with zero attached hydrogens (tertiary/aromatic N) is 1. The number of amides is 1. The number of anilines is 1. The molecule has 6 nitrogen and oxygen atoms in total. The van der Waals surface area contributed by atoms with E-state index >= 15 is 0 Å². The summed E-state index contributed by atoms with van der Waals surface area (Å²) in [5, 5.41) is 2.81. The van der Waals surface area contributed by atoms with Crippen LogP contribution < -0.4 is 10.1 Å². The molecule has 2 aromatic rings. The summed E-state index contributed by atoms with van der Waals surface area (Å²) in [5.74, 6) is 0.460. The fourth-order valence-corrected chi connectivity index (χ4v) is 5.81. The Morgan fingerprint density at radius 2 is 1.69 bits per heavy atom. The van der Waals surface area contributed by atoms with Gasteiger partial charge in [0.25, 0.3) is 5.91 Å². The summed E-state index contributed by atoms with van der Waals surface area (Å²) in [5.41, 5.74) is 1.92. The zero-order chi connectivity index (χ0) is 21.2. The number of aryl methyl sites for hydroxylation is 1. The predicted molar refractivity (Wildman–Crippen MR) is 114 cm³/mol. The lowest BCUT2D eigenvalue weighted by atomic mass is 10.0. The molecule has 0 saturated carbocycles. The van der Waals surface area contributed by atoms with Gasteiger partial charge in [-0.25, -0.2) is 8.42 Å². The molecular formula is C22H28N2O4S. The van der Waals surface area contributed by atoms with E-state index in [4.69, 9.17) is 4.74 Å². The van der Waals surface area contributed by atoms with Crippen LogP contribution in [-0.4, -0.2) is 37.8 Å². The lowest BCUT2D eigenvalue weighted by molar-refractivity contribution is 0.102. The predicted octanol–water partition coefficient (Wildman–Crippen LogP) is 4.21. The van der Waals surface area contributed by atoms with Crippen LogP contribution >= 0.6 is 0 Å². The molecule has 1 amide bonds. The second kappa shape index (κ2) is 8.55. The molecular weight excluding hydrogens is 388 g/mol. The maximum Gasteiger partial charge on any atom is 0.255 e. The largest absolute Gasteiger partial charge is 0.496 e. The minimum absolute atomic E-state index is 0.0126. The van der Waals surface area contributed by atoms with Gasteiger partial charge < -0.3 is 10.1 Å². The summed E-state index contributed by atoms with van der Waals surface area (Å²) < 4.78 is 33.0. The van der Waals surface area contributed by atoms with Crippen molar-refractivity contribution in [2.24, 2.45) is 0 Å². The molecule has 1 fully saturated rings. The molecule has 1 aliphatic heterocycles. The number of methoxy groups -OCH3 is 1. The standard InChI is InChI=1S/C22H28N2O4S/c1-15-14-18(8-13-21(15)28-4)22(25)23-19-9-11-20(12-10-19)29(26,27)24-16(2)6-5-7-17(24)3/h8-14,16-17H,5-7H2,1-4H3,(H,23,25). The number of sulfonamides is 1. The zero-order valence-electron chi connectivity index (χ0n) is 17.3. The molecule has 0 aliphatic carbocycles. The van der Waals surface area contributed by atoms with Gasteiger partial charge in [0.1, 0.15) is 5.75 Å². The lowest BCUT2D eigenvalue weighted by Gasteiger charge is -2.37. The van der Waals surface area contributed by atoms with Crippen molar-refractivity contribution >= 4 is 21.6 Å². The van der Waals surface area contributed by atoms with E-state index in [1.807, 2.05) is 20.8 Å². The highest BCUT2D eigenvalue weighted by molar-refractivity contribution is 7.89. The third kappa shape index (κ3) is 4.46. The maximum absolute atomic E-state index is 13.1. The normalized spacial score (nSPS) is 20.3. The minimum atomic E-state index is -3.56. The van der Waals surface area contributed by atoms with E-state index in [9.17, 15) is 13.2 Å². The van der Waals surface area contributed by atoms with E-state index in [0.717, 1.165) is 30.6 Å².